The summed E-state index contributed by atoms with van der Waals surface area (Å²) in [7, 11) is 0. The standard InChI is InChI=1S/C32H28N2O5/c1-21(2)38-26-15-13-23(14-16-26)30(35)28-29(34(32(37)31(28)36)20-22-8-7-17-33-19-22)24-9-6-12-27(18-24)39-25-10-4-3-5-11-25/h3-19,21,29,35H,20H2,1-2H3/b30-28+. The molecule has 5 rings (SSSR count). The number of aromatic nitrogens is 1. The minimum absolute atomic E-state index is 0.00682. The van der Waals surface area contributed by atoms with E-state index in [0.717, 1.165) is 5.56 Å². The van der Waals surface area contributed by atoms with Gasteiger partial charge in [0.2, 0.25) is 0 Å². The summed E-state index contributed by atoms with van der Waals surface area (Å²) in [5.41, 5.74) is 1.81. The molecule has 1 fully saturated rings. The van der Waals surface area contributed by atoms with Gasteiger partial charge in [-0.2, -0.15) is 0 Å². The van der Waals surface area contributed by atoms with Crippen LogP contribution in [0, 0.1) is 0 Å². The van der Waals surface area contributed by atoms with Crippen LogP contribution in [0.1, 0.15) is 36.6 Å². The molecule has 0 bridgehead atoms. The third-order valence-electron chi connectivity index (χ3n) is 6.27. The van der Waals surface area contributed by atoms with Crippen LogP contribution in [0.25, 0.3) is 5.76 Å². The molecular formula is C32H28N2O5. The van der Waals surface area contributed by atoms with E-state index in [2.05, 4.69) is 4.98 Å². The summed E-state index contributed by atoms with van der Waals surface area (Å²) in [4.78, 5) is 32.4. The van der Waals surface area contributed by atoms with Crippen molar-refractivity contribution in [3.05, 3.63) is 126 Å². The van der Waals surface area contributed by atoms with E-state index < -0.39 is 17.7 Å². The van der Waals surface area contributed by atoms with Crippen molar-refractivity contribution in [1.29, 1.82) is 0 Å². The summed E-state index contributed by atoms with van der Waals surface area (Å²) in [6.45, 7) is 3.99. The van der Waals surface area contributed by atoms with Crippen LogP contribution < -0.4 is 9.47 Å². The fourth-order valence-corrected chi connectivity index (χ4v) is 4.57. The van der Waals surface area contributed by atoms with Crippen LogP contribution in [0.2, 0.25) is 0 Å². The van der Waals surface area contributed by atoms with Gasteiger partial charge in [-0.1, -0.05) is 36.4 Å². The predicted octanol–water partition coefficient (Wildman–Crippen LogP) is 6.28. The number of ether oxygens (including phenoxy) is 2. The number of hydrogen-bond donors (Lipinski definition) is 1. The van der Waals surface area contributed by atoms with Gasteiger partial charge in [0, 0.05) is 24.5 Å². The van der Waals surface area contributed by atoms with E-state index in [4.69, 9.17) is 9.47 Å². The summed E-state index contributed by atoms with van der Waals surface area (Å²) in [5, 5.41) is 11.4. The molecule has 2 heterocycles. The van der Waals surface area contributed by atoms with E-state index in [1.165, 1.54) is 4.90 Å². The number of carbonyl (C=O) groups is 2. The molecule has 196 valence electrons. The number of rotatable bonds is 8. The maximum Gasteiger partial charge on any atom is 0.295 e. The van der Waals surface area contributed by atoms with Gasteiger partial charge in [0.15, 0.2) is 0 Å². The minimum atomic E-state index is -0.837. The van der Waals surface area contributed by atoms with E-state index in [0.29, 0.717) is 28.4 Å². The van der Waals surface area contributed by atoms with Crippen molar-refractivity contribution in [2.24, 2.45) is 0 Å². The van der Waals surface area contributed by atoms with Gasteiger partial charge in [-0.05, 0) is 79.6 Å². The highest BCUT2D eigenvalue weighted by atomic mass is 16.5. The van der Waals surface area contributed by atoms with Gasteiger partial charge >= 0.3 is 0 Å². The Bertz CT molecular complexity index is 1500. The van der Waals surface area contributed by atoms with Gasteiger partial charge in [0.05, 0.1) is 17.7 Å². The molecule has 0 saturated carbocycles. The number of nitrogens with zero attached hydrogens (tertiary/aromatic N) is 2. The predicted molar refractivity (Wildman–Crippen MR) is 147 cm³/mol. The Morgan fingerprint density at radius 2 is 1.64 bits per heavy atom. The number of para-hydroxylation sites is 1. The van der Waals surface area contributed by atoms with Crippen LogP contribution in [0.5, 0.6) is 17.2 Å². The topological polar surface area (TPSA) is 89.0 Å². The molecule has 7 heteroatoms. The lowest BCUT2D eigenvalue weighted by Gasteiger charge is -2.25. The lowest BCUT2D eigenvalue weighted by molar-refractivity contribution is -0.140. The van der Waals surface area contributed by atoms with Crippen LogP contribution in [-0.2, 0) is 16.1 Å². The van der Waals surface area contributed by atoms with Crippen LogP contribution in [0.4, 0.5) is 0 Å². The minimum Gasteiger partial charge on any atom is -0.507 e. The molecule has 1 N–H and O–H groups in total. The third-order valence-corrected chi connectivity index (χ3v) is 6.27. The fraction of sp³-hybridized carbons (Fsp3) is 0.156. The van der Waals surface area contributed by atoms with Crippen LogP contribution in [0.15, 0.2) is 109 Å². The van der Waals surface area contributed by atoms with Gasteiger partial charge < -0.3 is 19.5 Å². The van der Waals surface area contributed by atoms with E-state index >= 15 is 0 Å². The fourth-order valence-electron chi connectivity index (χ4n) is 4.57. The first-order valence-electron chi connectivity index (χ1n) is 12.7. The average Bonchev–Trinajstić information content (AvgIpc) is 3.19. The van der Waals surface area contributed by atoms with Gasteiger partial charge in [-0.3, -0.25) is 14.6 Å². The zero-order valence-electron chi connectivity index (χ0n) is 21.7. The normalized spacial score (nSPS) is 16.5. The van der Waals surface area contributed by atoms with Crippen LogP contribution >= 0.6 is 0 Å². The van der Waals surface area contributed by atoms with E-state index in [1.807, 2.05) is 56.3 Å². The largest absolute Gasteiger partial charge is 0.507 e. The van der Waals surface area contributed by atoms with Crippen molar-refractivity contribution in [2.45, 2.75) is 32.5 Å². The Hall–Kier alpha value is -4.91. The molecule has 0 radical (unpaired) electrons. The number of hydrogen-bond acceptors (Lipinski definition) is 6. The quantitative estimate of drug-likeness (QED) is 0.167. The zero-order chi connectivity index (χ0) is 27.4. The van der Waals surface area contributed by atoms with Crippen LogP contribution in [0.3, 0.4) is 0 Å². The number of amides is 1. The smallest absolute Gasteiger partial charge is 0.295 e. The number of aliphatic hydroxyl groups excluding tert-OH is 1. The van der Waals surface area contributed by atoms with Crippen molar-refractivity contribution >= 4 is 17.4 Å². The Kier molecular flexibility index (Phi) is 7.41. The highest BCUT2D eigenvalue weighted by Crippen LogP contribution is 2.41. The summed E-state index contributed by atoms with van der Waals surface area (Å²) in [6.07, 6.45) is 3.29. The number of benzene rings is 3. The second-order valence-electron chi connectivity index (χ2n) is 9.47. The Balaban J connectivity index is 1.58. The maximum absolute atomic E-state index is 13.4. The zero-order valence-corrected chi connectivity index (χ0v) is 21.7. The lowest BCUT2D eigenvalue weighted by atomic mass is 9.95. The molecule has 1 atom stereocenters. The van der Waals surface area contributed by atoms with Crippen molar-refractivity contribution < 1.29 is 24.2 Å². The van der Waals surface area contributed by atoms with Gasteiger partial charge in [0.25, 0.3) is 11.7 Å². The van der Waals surface area contributed by atoms with Crippen molar-refractivity contribution in [1.82, 2.24) is 9.88 Å². The molecule has 0 aliphatic carbocycles. The van der Waals surface area contributed by atoms with Gasteiger partial charge in [-0.25, -0.2) is 0 Å². The van der Waals surface area contributed by atoms with Gasteiger partial charge in [-0.15, -0.1) is 0 Å². The highest BCUT2D eigenvalue weighted by molar-refractivity contribution is 6.46. The SMILES string of the molecule is CC(C)Oc1ccc(/C(O)=C2\C(=O)C(=O)N(Cc3cccnc3)C2c2cccc(Oc3ccccc3)c2)cc1. The Morgan fingerprint density at radius 1 is 0.897 bits per heavy atom. The first kappa shape index (κ1) is 25.7. The van der Waals surface area contributed by atoms with E-state index in [1.54, 1.807) is 60.9 Å². The Labute approximate surface area is 227 Å². The van der Waals surface area contributed by atoms with E-state index in [9.17, 15) is 14.7 Å². The average molecular weight is 521 g/mol. The monoisotopic (exact) mass is 520 g/mol. The van der Waals surface area contributed by atoms with Crippen molar-refractivity contribution in [3.63, 3.8) is 0 Å². The Morgan fingerprint density at radius 3 is 2.33 bits per heavy atom. The molecule has 0 spiro atoms. The number of carbonyl (C=O) groups excluding carboxylic acids is 2. The van der Waals surface area contributed by atoms with Crippen LogP contribution in [-0.4, -0.2) is 32.8 Å². The molecule has 7 nitrogen and oxygen atoms in total. The number of Topliss-reactive ketones (excluding diaryl/α,β-unsaturated/α-hetero) is 1. The van der Waals surface area contributed by atoms with Crippen molar-refractivity contribution in [3.8, 4) is 17.2 Å². The molecule has 1 saturated heterocycles. The molecule has 1 unspecified atom stereocenters. The molecule has 1 aliphatic heterocycles. The molecule has 1 aromatic heterocycles. The molecule has 4 aromatic rings. The summed E-state index contributed by atoms with van der Waals surface area (Å²) in [6, 6.07) is 26.1. The first-order chi connectivity index (χ1) is 18.9. The summed E-state index contributed by atoms with van der Waals surface area (Å²) in [5.74, 6) is 0.139. The second kappa shape index (κ2) is 11.2. The molecule has 1 aliphatic rings. The first-order valence-corrected chi connectivity index (χ1v) is 12.7. The number of aliphatic hydroxyl groups is 1. The molecule has 39 heavy (non-hydrogen) atoms. The number of ketones is 1. The number of likely N-dealkylation sites (tertiary alicyclic amines) is 1. The molecule has 1 amide bonds. The molecule has 3 aromatic carbocycles. The van der Waals surface area contributed by atoms with E-state index in [-0.39, 0.29) is 24.0 Å². The lowest BCUT2D eigenvalue weighted by Crippen LogP contribution is -2.29. The highest BCUT2D eigenvalue weighted by Gasteiger charge is 2.46. The van der Waals surface area contributed by atoms with Gasteiger partial charge in [0.1, 0.15) is 23.0 Å². The second-order valence-corrected chi connectivity index (χ2v) is 9.47. The van der Waals surface area contributed by atoms with Crippen molar-refractivity contribution in [2.75, 3.05) is 0 Å². The number of pyridine rings is 1. The maximum atomic E-state index is 13.4. The summed E-state index contributed by atoms with van der Waals surface area (Å²) >= 11 is 0. The summed E-state index contributed by atoms with van der Waals surface area (Å²) < 4.78 is 11.7. The third kappa shape index (κ3) is 5.67. The molecular weight excluding hydrogens is 492 g/mol.